The Kier molecular flexibility index (Phi) is 4.69. The Bertz CT molecular complexity index is 737. The molecule has 0 aliphatic carbocycles. The fourth-order valence-corrected chi connectivity index (χ4v) is 1.86. The van der Waals surface area contributed by atoms with Crippen molar-refractivity contribution in [1.29, 1.82) is 5.26 Å². The third kappa shape index (κ3) is 4.57. The highest BCUT2D eigenvalue weighted by Gasteiger charge is 2.31. The number of hydrogen-bond donors (Lipinski definition) is 0. The van der Waals surface area contributed by atoms with Gasteiger partial charge in [-0.2, -0.15) is 14.0 Å². The fraction of sp³-hybridized carbons (Fsp3) is 0.133. The van der Waals surface area contributed by atoms with Crippen LogP contribution in [0.1, 0.15) is 5.56 Å². The van der Waals surface area contributed by atoms with Gasteiger partial charge in [-0.3, -0.25) is 0 Å². The van der Waals surface area contributed by atoms with E-state index < -0.39 is 18.7 Å². The highest BCUT2D eigenvalue weighted by molar-refractivity contribution is 5.68. The maximum absolute atomic E-state index is 12.3. The van der Waals surface area contributed by atoms with E-state index in [1.807, 2.05) is 0 Å². The van der Waals surface area contributed by atoms with Crippen LogP contribution in [-0.2, 0) is 0 Å². The third-order valence-corrected chi connectivity index (χ3v) is 2.72. The summed E-state index contributed by atoms with van der Waals surface area (Å²) in [5, 5.41) is 8.84. The van der Waals surface area contributed by atoms with Crippen molar-refractivity contribution < 1.29 is 31.4 Å². The number of nitrogens with zero attached hydrogens (tertiary/aromatic N) is 1. The molecule has 0 radical (unpaired) electrons. The number of hydrogen-bond acceptors (Lipinski definition) is 3. The first-order valence-electron chi connectivity index (χ1n) is 6.13. The first-order valence-corrected chi connectivity index (χ1v) is 6.13. The largest absolute Gasteiger partial charge is 0.573 e. The van der Waals surface area contributed by atoms with E-state index in [-0.39, 0.29) is 16.9 Å². The summed E-state index contributed by atoms with van der Waals surface area (Å²) in [6, 6.07) is 10.5. The predicted molar refractivity (Wildman–Crippen MR) is 69.9 cm³/mol. The second-order valence-corrected chi connectivity index (χ2v) is 4.28. The smallest absolute Gasteiger partial charge is 0.433 e. The van der Waals surface area contributed by atoms with Crippen LogP contribution < -0.4 is 9.47 Å². The van der Waals surface area contributed by atoms with Crippen LogP contribution in [0.25, 0.3) is 11.1 Å². The minimum Gasteiger partial charge on any atom is -0.433 e. The molecule has 0 saturated carbocycles. The van der Waals surface area contributed by atoms with Gasteiger partial charge in [-0.1, -0.05) is 18.2 Å². The van der Waals surface area contributed by atoms with Crippen molar-refractivity contribution in [3.05, 3.63) is 48.0 Å². The summed E-state index contributed by atoms with van der Waals surface area (Å²) in [7, 11) is 0. The van der Waals surface area contributed by atoms with Gasteiger partial charge in [-0.05, 0) is 35.4 Å². The van der Waals surface area contributed by atoms with Gasteiger partial charge < -0.3 is 9.47 Å². The average Bonchev–Trinajstić information content (AvgIpc) is 2.45. The van der Waals surface area contributed by atoms with Crippen molar-refractivity contribution in [3.8, 4) is 28.7 Å². The number of ether oxygens (including phenoxy) is 2. The molecule has 0 heterocycles. The van der Waals surface area contributed by atoms with Gasteiger partial charge in [-0.15, -0.1) is 13.2 Å². The lowest BCUT2D eigenvalue weighted by Gasteiger charge is -2.11. The Morgan fingerprint density at radius 1 is 1.00 bits per heavy atom. The zero-order chi connectivity index (χ0) is 17.0. The van der Waals surface area contributed by atoms with E-state index in [1.54, 1.807) is 6.07 Å². The van der Waals surface area contributed by atoms with Crippen molar-refractivity contribution in [2.75, 3.05) is 0 Å². The van der Waals surface area contributed by atoms with E-state index in [4.69, 9.17) is 5.26 Å². The molecule has 0 amide bonds. The van der Waals surface area contributed by atoms with Gasteiger partial charge in [0.1, 0.15) is 17.6 Å². The van der Waals surface area contributed by atoms with Crippen LogP contribution in [0.3, 0.4) is 0 Å². The molecule has 3 nitrogen and oxygen atoms in total. The highest BCUT2D eigenvalue weighted by atomic mass is 19.4. The molecular weight excluding hydrogens is 321 g/mol. The Hall–Kier alpha value is -2.82. The Morgan fingerprint density at radius 3 is 2.30 bits per heavy atom. The zero-order valence-electron chi connectivity index (χ0n) is 11.3. The molecule has 0 atom stereocenters. The van der Waals surface area contributed by atoms with Crippen LogP contribution in [0.15, 0.2) is 42.5 Å². The van der Waals surface area contributed by atoms with E-state index >= 15 is 0 Å². The van der Waals surface area contributed by atoms with Crippen LogP contribution in [0.4, 0.5) is 22.0 Å². The van der Waals surface area contributed by atoms with Crippen molar-refractivity contribution in [3.63, 3.8) is 0 Å². The van der Waals surface area contributed by atoms with Gasteiger partial charge in [0.2, 0.25) is 0 Å². The van der Waals surface area contributed by atoms with Crippen molar-refractivity contribution in [2.24, 2.45) is 0 Å². The van der Waals surface area contributed by atoms with Crippen LogP contribution in [-0.4, -0.2) is 13.0 Å². The summed E-state index contributed by atoms with van der Waals surface area (Å²) in [5.74, 6) is -0.808. The van der Waals surface area contributed by atoms with Gasteiger partial charge in [0.05, 0.1) is 5.56 Å². The second kappa shape index (κ2) is 6.52. The summed E-state index contributed by atoms with van der Waals surface area (Å²) < 4.78 is 69.4. The Morgan fingerprint density at radius 2 is 1.70 bits per heavy atom. The van der Waals surface area contributed by atoms with Crippen molar-refractivity contribution in [1.82, 2.24) is 0 Å². The lowest BCUT2D eigenvalue weighted by molar-refractivity contribution is -0.274. The Labute approximate surface area is 127 Å². The molecule has 0 spiro atoms. The maximum atomic E-state index is 12.3. The number of nitriles is 1. The predicted octanol–water partition coefficient (Wildman–Crippen LogP) is 4.73. The molecule has 23 heavy (non-hydrogen) atoms. The van der Waals surface area contributed by atoms with Gasteiger partial charge >= 0.3 is 13.0 Å². The zero-order valence-corrected chi connectivity index (χ0v) is 11.3. The lowest BCUT2D eigenvalue weighted by Crippen LogP contribution is -2.17. The third-order valence-electron chi connectivity index (χ3n) is 2.72. The van der Waals surface area contributed by atoms with Gasteiger partial charge in [-0.25, -0.2) is 0 Å². The van der Waals surface area contributed by atoms with Crippen LogP contribution in [0.2, 0.25) is 0 Å². The van der Waals surface area contributed by atoms with E-state index in [0.29, 0.717) is 5.56 Å². The van der Waals surface area contributed by atoms with Crippen molar-refractivity contribution >= 4 is 0 Å². The fourth-order valence-electron chi connectivity index (χ4n) is 1.86. The molecule has 0 bridgehead atoms. The topological polar surface area (TPSA) is 42.2 Å². The van der Waals surface area contributed by atoms with E-state index in [9.17, 15) is 22.0 Å². The lowest BCUT2D eigenvalue weighted by atomic mass is 10.0. The summed E-state index contributed by atoms with van der Waals surface area (Å²) in [4.78, 5) is 0. The molecule has 0 aliphatic heterocycles. The van der Waals surface area contributed by atoms with Gasteiger partial charge in [0.25, 0.3) is 0 Å². The van der Waals surface area contributed by atoms with E-state index in [2.05, 4.69) is 9.47 Å². The normalized spacial score (nSPS) is 11.2. The second-order valence-electron chi connectivity index (χ2n) is 4.28. The number of rotatable bonds is 4. The number of alkyl halides is 5. The first kappa shape index (κ1) is 16.5. The first-order chi connectivity index (χ1) is 10.8. The molecule has 2 aromatic carbocycles. The summed E-state index contributed by atoms with van der Waals surface area (Å²) in [6.45, 7) is -3.13. The average molecular weight is 329 g/mol. The summed E-state index contributed by atoms with van der Waals surface area (Å²) in [5.41, 5.74) is 0.472. The van der Waals surface area contributed by atoms with E-state index in [1.165, 1.54) is 24.3 Å². The Balaban J connectivity index is 2.39. The highest BCUT2D eigenvalue weighted by Crippen LogP contribution is 2.31. The van der Waals surface area contributed by atoms with Gasteiger partial charge in [0, 0.05) is 0 Å². The number of halogens is 5. The maximum Gasteiger partial charge on any atom is 0.573 e. The molecule has 120 valence electrons. The number of benzene rings is 2. The molecule has 0 aliphatic rings. The summed E-state index contributed by atoms with van der Waals surface area (Å²) >= 11 is 0. The monoisotopic (exact) mass is 329 g/mol. The SMILES string of the molecule is N#Cc1ccc(-c2cccc(OC(F)(F)F)c2)cc1OC(F)F. The van der Waals surface area contributed by atoms with E-state index in [0.717, 1.165) is 18.2 Å². The quantitative estimate of drug-likeness (QED) is 0.762. The summed E-state index contributed by atoms with van der Waals surface area (Å²) in [6.07, 6.45) is -4.84. The van der Waals surface area contributed by atoms with Crippen LogP contribution in [0.5, 0.6) is 11.5 Å². The minimum atomic E-state index is -4.84. The van der Waals surface area contributed by atoms with Crippen LogP contribution in [0, 0.1) is 11.3 Å². The molecule has 8 heteroatoms. The van der Waals surface area contributed by atoms with Crippen molar-refractivity contribution in [2.45, 2.75) is 13.0 Å². The standard InChI is InChI=1S/C15H8F5NO2/c16-14(17)22-13-7-10(4-5-11(13)8-21)9-2-1-3-12(6-9)23-15(18,19)20/h1-7,14H. The molecule has 0 aromatic heterocycles. The molecule has 2 rings (SSSR count). The van der Waals surface area contributed by atoms with Gasteiger partial charge in [0.15, 0.2) is 0 Å². The molecule has 2 aromatic rings. The minimum absolute atomic E-state index is 0.114. The molecule has 0 N–H and O–H groups in total. The molecule has 0 saturated heterocycles. The molecule has 0 unspecified atom stereocenters. The molecule has 0 fully saturated rings. The molecular formula is C15H8F5NO2. The van der Waals surface area contributed by atoms with Crippen LogP contribution >= 0.6 is 0 Å².